The molecule has 0 radical (unpaired) electrons. The molecule has 0 aromatic heterocycles. The van der Waals surface area contributed by atoms with E-state index in [-0.39, 0.29) is 12.9 Å². The molecule has 0 saturated carbocycles. The molecule has 9 heavy (non-hydrogen) atoms. The quantitative estimate of drug-likeness (QED) is 0.300. The highest BCUT2D eigenvalue weighted by atomic mass is 16.6. The minimum absolute atomic E-state index is 0.212. The summed E-state index contributed by atoms with van der Waals surface area (Å²) in [7, 11) is 0. The van der Waals surface area contributed by atoms with Crippen LogP contribution in [0.4, 0.5) is 0 Å². The van der Waals surface area contributed by atoms with Crippen LogP contribution in [0.2, 0.25) is 0 Å². The Labute approximate surface area is 52.0 Å². The van der Waals surface area contributed by atoms with Gasteiger partial charge in [0.1, 0.15) is 12.2 Å². The smallest absolute Gasteiger partial charge is 0.151 e. The fraction of sp³-hybridized carbons (Fsp3) is 0.750. The van der Waals surface area contributed by atoms with Crippen LogP contribution in [-0.2, 0) is 9.63 Å². The Morgan fingerprint density at radius 3 is 2.56 bits per heavy atom. The molecule has 0 amide bonds. The van der Waals surface area contributed by atoms with Gasteiger partial charge in [-0.3, -0.25) is 0 Å². The first-order valence-corrected chi connectivity index (χ1v) is 2.35. The summed E-state index contributed by atoms with van der Waals surface area (Å²) in [6.07, 6.45) is -2.43. The lowest BCUT2D eigenvalue weighted by molar-refractivity contribution is -0.123. The van der Waals surface area contributed by atoms with E-state index in [0.717, 1.165) is 0 Å². The maximum atomic E-state index is 9.71. The van der Waals surface area contributed by atoms with Crippen molar-refractivity contribution < 1.29 is 19.8 Å². The second-order valence-corrected chi connectivity index (χ2v) is 1.53. The van der Waals surface area contributed by atoms with Crippen LogP contribution in [0.1, 0.15) is 0 Å². The van der Waals surface area contributed by atoms with Crippen LogP contribution in [0, 0.1) is 0 Å². The molecule has 54 valence electrons. The van der Waals surface area contributed by atoms with Gasteiger partial charge in [0.2, 0.25) is 0 Å². The predicted octanol–water partition coefficient (Wildman–Crippen LogP) is -2.20. The minimum atomic E-state index is -1.41. The van der Waals surface area contributed by atoms with Gasteiger partial charge in [0.15, 0.2) is 6.29 Å². The van der Waals surface area contributed by atoms with Crippen molar-refractivity contribution in [3.05, 3.63) is 0 Å². The molecule has 0 aromatic rings. The van der Waals surface area contributed by atoms with E-state index in [4.69, 9.17) is 10.2 Å². The molecule has 2 unspecified atom stereocenters. The monoisotopic (exact) mass is 135 g/mol. The van der Waals surface area contributed by atoms with Gasteiger partial charge in [0, 0.05) is 0 Å². The minimum Gasteiger partial charge on any atom is -0.387 e. The number of hydrogen-bond donors (Lipinski definition) is 3. The highest BCUT2D eigenvalue weighted by Crippen LogP contribution is 1.87. The third-order valence-electron chi connectivity index (χ3n) is 0.801. The van der Waals surface area contributed by atoms with Crippen LogP contribution in [0.3, 0.4) is 0 Å². The third kappa shape index (κ3) is 3.15. The molecule has 4 N–H and O–H groups in total. The van der Waals surface area contributed by atoms with Gasteiger partial charge in [-0.1, -0.05) is 0 Å². The van der Waals surface area contributed by atoms with Gasteiger partial charge in [0.05, 0.1) is 6.61 Å². The summed E-state index contributed by atoms with van der Waals surface area (Å²) in [6.45, 7) is -0.250. The number of nitrogens with two attached hydrogens (primary N) is 1. The van der Waals surface area contributed by atoms with Crippen molar-refractivity contribution in [2.75, 3.05) is 6.61 Å². The number of aldehydes is 1. The van der Waals surface area contributed by atoms with E-state index >= 15 is 0 Å². The summed E-state index contributed by atoms with van der Waals surface area (Å²) in [5.41, 5.74) is 0. The summed E-state index contributed by atoms with van der Waals surface area (Å²) in [4.78, 5) is 13.7. The second kappa shape index (κ2) is 4.39. The molecular formula is C4H9NO4. The second-order valence-electron chi connectivity index (χ2n) is 1.53. The normalized spacial score (nSPS) is 16.8. The average Bonchev–Trinajstić information content (AvgIpc) is 1.87. The average molecular weight is 135 g/mol. The Kier molecular flexibility index (Phi) is 4.16. The Bertz CT molecular complexity index is 86.6. The predicted molar refractivity (Wildman–Crippen MR) is 28.2 cm³/mol. The van der Waals surface area contributed by atoms with E-state index in [1.165, 1.54) is 0 Å². The Morgan fingerprint density at radius 2 is 2.22 bits per heavy atom. The van der Waals surface area contributed by atoms with Crippen LogP contribution >= 0.6 is 0 Å². The van der Waals surface area contributed by atoms with E-state index < -0.39 is 12.2 Å². The molecule has 2 atom stereocenters. The van der Waals surface area contributed by atoms with E-state index in [1.54, 1.807) is 0 Å². The largest absolute Gasteiger partial charge is 0.387 e. The molecule has 0 spiro atoms. The van der Waals surface area contributed by atoms with Crippen LogP contribution < -0.4 is 5.90 Å². The zero-order valence-corrected chi connectivity index (χ0v) is 4.73. The van der Waals surface area contributed by atoms with Crippen LogP contribution in [0.25, 0.3) is 0 Å². The summed E-state index contributed by atoms with van der Waals surface area (Å²) in [6, 6.07) is 0. The summed E-state index contributed by atoms with van der Waals surface area (Å²) in [5.74, 6) is 4.53. The maximum Gasteiger partial charge on any atom is 0.151 e. The van der Waals surface area contributed by atoms with Gasteiger partial charge in [0.25, 0.3) is 0 Å². The third-order valence-corrected chi connectivity index (χ3v) is 0.801. The van der Waals surface area contributed by atoms with Gasteiger partial charge in [-0.05, 0) is 0 Å². The first kappa shape index (κ1) is 8.51. The summed E-state index contributed by atoms with van der Waals surface area (Å²) in [5, 5.41) is 17.1. The molecule has 5 nitrogen and oxygen atoms in total. The van der Waals surface area contributed by atoms with E-state index in [9.17, 15) is 4.79 Å². The molecule has 0 fully saturated rings. The van der Waals surface area contributed by atoms with Crippen LogP contribution in [0.15, 0.2) is 0 Å². The lowest BCUT2D eigenvalue weighted by Gasteiger charge is -2.09. The number of aliphatic hydroxyl groups excluding tert-OH is 2. The fourth-order valence-corrected chi connectivity index (χ4v) is 0.288. The standard InChI is InChI=1S/C4H9NO4/c5-9-2-4(8)3(7)1-6/h1,3-4,7-8H,2,5H2. The summed E-state index contributed by atoms with van der Waals surface area (Å²) >= 11 is 0. The fourth-order valence-electron chi connectivity index (χ4n) is 0.288. The van der Waals surface area contributed by atoms with Crippen molar-refractivity contribution in [3.63, 3.8) is 0 Å². The Morgan fingerprint density at radius 1 is 1.67 bits per heavy atom. The molecule has 0 saturated heterocycles. The molecule has 0 bridgehead atoms. The van der Waals surface area contributed by atoms with Gasteiger partial charge in [-0.2, -0.15) is 0 Å². The van der Waals surface area contributed by atoms with Crippen molar-refractivity contribution >= 4 is 6.29 Å². The number of rotatable bonds is 4. The highest BCUT2D eigenvalue weighted by molar-refractivity contribution is 5.56. The van der Waals surface area contributed by atoms with Crippen LogP contribution in [0.5, 0.6) is 0 Å². The number of carbonyl (C=O) groups is 1. The van der Waals surface area contributed by atoms with E-state index in [1.807, 2.05) is 0 Å². The van der Waals surface area contributed by atoms with E-state index in [2.05, 4.69) is 10.7 Å². The van der Waals surface area contributed by atoms with Gasteiger partial charge >= 0.3 is 0 Å². The first-order valence-electron chi connectivity index (χ1n) is 2.35. The highest BCUT2D eigenvalue weighted by Gasteiger charge is 2.13. The molecule has 0 aliphatic carbocycles. The number of hydrogen-bond acceptors (Lipinski definition) is 5. The van der Waals surface area contributed by atoms with Gasteiger partial charge in [-0.25, -0.2) is 5.90 Å². The first-order chi connectivity index (χ1) is 4.22. The Balaban J connectivity index is 3.44. The Hall–Kier alpha value is -0.490. The molecule has 0 aliphatic rings. The SMILES string of the molecule is NOCC(O)C(O)C=O. The van der Waals surface area contributed by atoms with Crippen molar-refractivity contribution in [2.24, 2.45) is 5.90 Å². The maximum absolute atomic E-state index is 9.71. The lowest BCUT2D eigenvalue weighted by Crippen LogP contribution is -2.32. The molecule has 5 heteroatoms. The van der Waals surface area contributed by atoms with Gasteiger partial charge < -0.3 is 19.8 Å². The molecular weight excluding hydrogens is 126 g/mol. The van der Waals surface area contributed by atoms with Crippen molar-refractivity contribution in [3.8, 4) is 0 Å². The lowest BCUT2D eigenvalue weighted by atomic mass is 10.2. The number of carbonyl (C=O) groups excluding carboxylic acids is 1. The molecule has 0 aliphatic heterocycles. The van der Waals surface area contributed by atoms with Gasteiger partial charge in [-0.15, -0.1) is 0 Å². The van der Waals surface area contributed by atoms with E-state index in [0.29, 0.717) is 0 Å². The van der Waals surface area contributed by atoms with Crippen molar-refractivity contribution in [1.29, 1.82) is 0 Å². The van der Waals surface area contributed by atoms with Crippen LogP contribution in [-0.4, -0.2) is 35.3 Å². The number of aliphatic hydroxyl groups is 2. The zero-order valence-electron chi connectivity index (χ0n) is 4.73. The summed E-state index contributed by atoms with van der Waals surface area (Å²) < 4.78 is 0. The molecule has 0 aromatic carbocycles. The molecule has 0 heterocycles. The zero-order chi connectivity index (χ0) is 7.28. The van der Waals surface area contributed by atoms with Crippen molar-refractivity contribution in [2.45, 2.75) is 12.2 Å². The molecule has 0 rings (SSSR count). The topological polar surface area (TPSA) is 92.8 Å². The van der Waals surface area contributed by atoms with Crippen molar-refractivity contribution in [1.82, 2.24) is 0 Å².